The third-order valence-corrected chi connectivity index (χ3v) is 3.57. The molecule has 2 atom stereocenters. The molecule has 0 aliphatic heterocycles. The molecule has 0 bridgehead atoms. The molecule has 0 saturated heterocycles. The number of carbonyl (C=O) groups is 1. The number of amides is 2. The van der Waals surface area contributed by atoms with Crippen LogP contribution in [0.15, 0.2) is 18.2 Å². The van der Waals surface area contributed by atoms with Gasteiger partial charge in [-0.25, -0.2) is 4.79 Å². The van der Waals surface area contributed by atoms with E-state index in [-0.39, 0.29) is 18.1 Å². The van der Waals surface area contributed by atoms with Crippen LogP contribution in [0.4, 0.5) is 10.5 Å². The number of hydrogen-bond acceptors (Lipinski definition) is 2. The van der Waals surface area contributed by atoms with Gasteiger partial charge in [0.05, 0.1) is 0 Å². The molecule has 4 N–H and O–H groups in total. The average molecular weight is 254 g/mol. The van der Waals surface area contributed by atoms with Crippen molar-refractivity contribution in [3.63, 3.8) is 0 Å². The minimum Gasteiger partial charge on any atom is -0.334 e. The fourth-order valence-corrected chi connectivity index (χ4v) is 1.95. The largest absolute Gasteiger partial charge is 0.334 e. The number of urea groups is 1. The molecule has 2 rings (SSSR count). The quantitative estimate of drug-likeness (QED) is 0.757. The summed E-state index contributed by atoms with van der Waals surface area (Å²) in [6.07, 6.45) is 1.92. The highest BCUT2D eigenvalue weighted by Crippen LogP contribution is 2.23. The Hall–Kier alpha value is -1.26. The normalized spacial score (nSPS) is 22.8. The van der Waals surface area contributed by atoms with E-state index in [1.807, 2.05) is 13.0 Å². The minimum absolute atomic E-state index is 0.0845. The van der Waals surface area contributed by atoms with Crippen molar-refractivity contribution in [2.24, 2.45) is 5.73 Å². The summed E-state index contributed by atoms with van der Waals surface area (Å²) < 4.78 is 0. The Kier molecular flexibility index (Phi) is 3.54. The summed E-state index contributed by atoms with van der Waals surface area (Å²) >= 11 is 5.97. The minimum atomic E-state index is -0.226. The van der Waals surface area contributed by atoms with E-state index in [2.05, 4.69) is 10.6 Å². The summed E-state index contributed by atoms with van der Waals surface area (Å²) in [6.45, 7) is 1.87. The second-order valence-corrected chi connectivity index (χ2v) is 4.77. The van der Waals surface area contributed by atoms with Crippen molar-refractivity contribution >= 4 is 23.3 Å². The lowest BCUT2D eigenvalue weighted by molar-refractivity contribution is 0.232. The average Bonchev–Trinajstić information content (AvgIpc) is 2.30. The van der Waals surface area contributed by atoms with E-state index < -0.39 is 0 Å². The number of benzene rings is 1. The molecule has 1 saturated carbocycles. The summed E-state index contributed by atoms with van der Waals surface area (Å²) in [5.74, 6) is 0. The molecule has 1 aromatic carbocycles. The lowest BCUT2D eigenvalue weighted by atomic mass is 9.87. The van der Waals surface area contributed by atoms with Crippen LogP contribution in [0.1, 0.15) is 18.4 Å². The number of rotatable bonds is 2. The summed E-state index contributed by atoms with van der Waals surface area (Å²) in [5.41, 5.74) is 7.34. The Labute approximate surface area is 106 Å². The standard InChI is InChI=1S/C12H16ClN3O/c1-7-8(13)3-2-4-10(7)15-12(17)16-11-6-5-9(11)14/h2-4,9,11H,5-6,14H2,1H3,(H2,15,16,17)/t9-,11+/m1/s1. The van der Waals surface area contributed by atoms with Crippen LogP contribution in [0.2, 0.25) is 5.02 Å². The van der Waals surface area contributed by atoms with Gasteiger partial charge in [0.2, 0.25) is 0 Å². The van der Waals surface area contributed by atoms with Crippen LogP contribution in [0.25, 0.3) is 0 Å². The first-order chi connectivity index (χ1) is 8.08. The fraction of sp³-hybridized carbons (Fsp3) is 0.417. The second-order valence-electron chi connectivity index (χ2n) is 4.36. The van der Waals surface area contributed by atoms with Crippen molar-refractivity contribution in [3.05, 3.63) is 28.8 Å². The zero-order chi connectivity index (χ0) is 12.4. The molecular formula is C12H16ClN3O. The molecule has 5 heteroatoms. The number of carbonyl (C=O) groups excluding carboxylic acids is 1. The molecule has 2 amide bonds. The monoisotopic (exact) mass is 253 g/mol. The number of halogens is 1. The van der Waals surface area contributed by atoms with Crippen molar-refractivity contribution < 1.29 is 4.79 Å². The molecule has 1 aliphatic rings. The van der Waals surface area contributed by atoms with Crippen LogP contribution < -0.4 is 16.4 Å². The Morgan fingerprint density at radius 1 is 1.47 bits per heavy atom. The molecule has 1 aromatic rings. The van der Waals surface area contributed by atoms with Gasteiger partial charge in [0.1, 0.15) is 0 Å². The van der Waals surface area contributed by atoms with E-state index in [4.69, 9.17) is 17.3 Å². The van der Waals surface area contributed by atoms with Gasteiger partial charge in [-0.3, -0.25) is 0 Å². The molecule has 1 aliphatic carbocycles. The van der Waals surface area contributed by atoms with Crippen LogP contribution in [-0.4, -0.2) is 18.1 Å². The van der Waals surface area contributed by atoms with Crippen molar-refractivity contribution in [1.29, 1.82) is 0 Å². The predicted molar refractivity (Wildman–Crippen MR) is 69.3 cm³/mol. The van der Waals surface area contributed by atoms with E-state index in [1.54, 1.807) is 12.1 Å². The number of nitrogens with two attached hydrogens (primary N) is 1. The predicted octanol–water partition coefficient (Wildman–Crippen LogP) is 2.26. The van der Waals surface area contributed by atoms with Gasteiger partial charge in [-0.2, -0.15) is 0 Å². The van der Waals surface area contributed by atoms with Crippen LogP contribution >= 0.6 is 11.6 Å². The molecule has 17 heavy (non-hydrogen) atoms. The van der Waals surface area contributed by atoms with Gasteiger partial charge in [0.25, 0.3) is 0 Å². The highest BCUT2D eigenvalue weighted by Gasteiger charge is 2.28. The maximum atomic E-state index is 11.7. The van der Waals surface area contributed by atoms with Gasteiger partial charge >= 0.3 is 6.03 Å². The molecule has 0 unspecified atom stereocenters. The zero-order valence-electron chi connectivity index (χ0n) is 9.66. The molecule has 0 radical (unpaired) electrons. The fourth-order valence-electron chi connectivity index (χ4n) is 1.77. The molecule has 1 fully saturated rings. The number of anilines is 1. The molecule has 4 nitrogen and oxygen atoms in total. The van der Waals surface area contributed by atoms with Crippen molar-refractivity contribution in [1.82, 2.24) is 5.32 Å². The SMILES string of the molecule is Cc1c(Cl)cccc1NC(=O)N[C@H]1CC[C@H]1N. The van der Waals surface area contributed by atoms with E-state index in [0.717, 1.165) is 24.1 Å². The molecule has 0 spiro atoms. The topological polar surface area (TPSA) is 67.2 Å². The van der Waals surface area contributed by atoms with Crippen LogP contribution in [0, 0.1) is 6.92 Å². The van der Waals surface area contributed by atoms with Gasteiger partial charge in [-0.15, -0.1) is 0 Å². The first kappa shape index (κ1) is 12.2. The lowest BCUT2D eigenvalue weighted by Gasteiger charge is -2.34. The molecular weight excluding hydrogens is 238 g/mol. The summed E-state index contributed by atoms with van der Waals surface area (Å²) in [5, 5.41) is 6.27. The first-order valence-electron chi connectivity index (χ1n) is 5.66. The van der Waals surface area contributed by atoms with E-state index in [0.29, 0.717) is 5.02 Å². The van der Waals surface area contributed by atoms with Gasteiger partial charge in [-0.05, 0) is 37.5 Å². The van der Waals surface area contributed by atoms with Crippen molar-refractivity contribution in [3.8, 4) is 0 Å². The lowest BCUT2D eigenvalue weighted by Crippen LogP contribution is -2.55. The summed E-state index contributed by atoms with van der Waals surface area (Å²) in [4.78, 5) is 11.7. The molecule has 0 heterocycles. The third kappa shape index (κ3) is 2.70. The van der Waals surface area contributed by atoms with Gasteiger partial charge in [0.15, 0.2) is 0 Å². The van der Waals surface area contributed by atoms with Crippen LogP contribution in [-0.2, 0) is 0 Å². The van der Waals surface area contributed by atoms with E-state index in [1.165, 1.54) is 0 Å². The number of hydrogen-bond donors (Lipinski definition) is 3. The first-order valence-corrected chi connectivity index (χ1v) is 6.04. The summed E-state index contributed by atoms with van der Waals surface area (Å²) in [7, 11) is 0. The maximum Gasteiger partial charge on any atom is 0.319 e. The Morgan fingerprint density at radius 3 is 2.82 bits per heavy atom. The van der Waals surface area contributed by atoms with E-state index in [9.17, 15) is 4.79 Å². The number of nitrogens with one attached hydrogen (secondary N) is 2. The molecule has 92 valence electrons. The van der Waals surface area contributed by atoms with Gasteiger partial charge in [0, 0.05) is 22.8 Å². The van der Waals surface area contributed by atoms with E-state index >= 15 is 0 Å². The second kappa shape index (κ2) is 4.94. The Balaban J connectivity index is 1.96. The van der Waals surface area contributed by atoms with Gasteiger partial charge < -0.3 is 16.4 Å². The third-order valence-electron chi connectivity index (χ3n) is 3.16. The maximum absolute atomic E-state index is 11.7. The summed E-state index contributed by atoms with van der Waals surface area (Å²) in [6, 6.07) is 5.37. The highest BCUT2D eigenvalue weighted by molar-refractivity contribution is 6.31. The van der Waals surface area contributed by atoms with Gasteiger partial charge in [-0.1, -0.05) is 17.7 Å². The highest BCUT2D eigenvalue weighted by atomic mass is 35.5. The molecule has 0 aromatic heterocycles. The van der Waals surface area contributed by atoms with Crippen molar-refractivity contribution in [2.75, 3.05) is 5.32 Å². The Morgan fingerprint density at radius 2 is 2.24 bits per heavy atom. The van der Waals surface area contributed by atoms with Crippen LogP contribution in [0.5, 0.6) is 0 Å². The van der Waals surface area contributed by atoms with Crippen molar-refractivity contribution in [2.45, 2.75) is 31.8 Å². The Bertz CT molecular complexity index is 436. The zero-order valence-corrected chi connectivity index (χ0v) is 10.4. The van der Waals surface area contributed by atoms with Crippen LogP contribution in [0.3, 0.4) is 0 Å². The smallest absolute Gasteiger partial charge is 0.319 e.